The van der Waals surface area contributed by atoms with E-state index in [2.05, 4.69) is 20.9 Å². The molecular weight excluding hydrogens is 332 g/mol. The topological polar surface area (TPSA) is 87.9 Å². The summed E-state index contributed by atoms with van der Waals surface area (Å²) in [5.74, 6) is 0.764. The molecule has 0 atom stereocenters. The summed E-state index contributed by atoms with van der Waals surface area (Å²) in [5, 5.41) is 9.30. The molecular formula is C19H26N4O3. The van der Waals surface area contributed by atoms with E-state index in [0.29, 0.717) is 18.8 Å². The van der Waals surface area contributed by atoms with Crippen LogP contribution in [0.4, 0.5) is 5.69 Å². The van der Waals surface area contributed by atoms with Gasteiger partial charge in [-0.15, -0.1) is 0 Å². The molecule has 140 valence electrons. The first kappa shape index (κ1) is 19.5. The van der Waals surface area contributed by atoms with Gasteiger partial charge in [0.05, 0.1) is 12.8 Å². The SMILES string of the molecule is CCNC(=NCc1cccc(NC(=O)c2ccco2)c1)NCCCOC. The van der Waals surface area contributed by atoms with Gasteiger partial charge in [0.15, 0.2) is 11.7 Å². The number of carbonyl (C=O) groups is 1. The summed E-state index contributed by atoms with van der Waals surface area (Å²) in [5.41, 5.74) is 1.70. The van der Waals surface area contributed by atoms with E-state index in [-0.39, 0.29) is 11.7 Å². The molecule has 0 bridgehead atoms. The van der Waals surface area contributed by atoms with Crippen molar-refractivity contribution in [2.24, 2.45) is 4.99 Å². The number of methoxy groups -OCH3 is 1. The molecule has 26 heavy (non-hydrogen) atoms. The van der Waals surface area contributed by atoms with Gasteiger partial charge >= 0.3 is 0 Å². The highest BCUT2D eigenvalue weighted by molar-refractivity contribution is 6.02. The van der Waals surface area contributed by atoms with Crippen LogP contribution < -0.4 is 16.0 Å². The van der Waals surface area contributed by atoms with Crippen molar-refractivity contribution in [3.8, 4) is 0 Å². The molecule has 0 fully saturated rings. The Morgan fingerprint density at radius 1 is 1.23 bits per heavy atom. The summed E-state index contributed by atoms with van der Waals surface area (Å²) in [6.45, 7) is 4.82. The van der Waals surface area contributed by atoms with Gasteiger partial charge in [0.1, 0.15) is 0 Å². The van der Waals surface area contributed by atoms with E-state index >= 15 is 0 Å². The fourth-order valence-electron chi connectivity index (χ4n) is 2.28. The minimum Gasteiger partial charge on any atom is -0.459 e. The fraction of sp³-hybridized carbons (Fsp3) is 0.368. The summed E-state index contributed by atoms with van der Waals surface area (Å²) in [4.78, 5) is 16.6. The quantitative estimate of drug-likeness (QED) is 0.364. The Hall–Kier alpha value is -2.80. The molecule has 7 nitrogen and oxygen atoms in total. The first-order chi connectivity index (χ1) is 12.7. The number of guanidine groups is 1. The average molecular weight is 358 g/mol. The van der Waals surface area contributed by atoms with Gasteiger partial charge in [-0.1, -0.05) is 12.1 Å². The molecule has 0 unspecified atom stereocenters. The monoisotopic (exact) mass is 358 g/mol. The number of nitrogens with zero attached hydrogens (tertiary/aromatic N) is 1. The predicted octanol–water partition coefficient (Wildman–Crippen LogP) is 2.62. The molecule has 2 aromatic rings. The lowest BCUT2D eigenvalue weighted by molar-refractivity contribution is 0.0996. The molecule has 2 rings (SSSR count). The Labute approximate surface area is 153 Å². The van der Waals surface area contributed by atoms with Crippen molar-refractivity contribution in [3.63, 3.8) is 0 Å². The van der Waals surface area contributed by atoms with Crippen molar-refractivity contribution in [2.75, 3.05) is 32.1 Å². The second-order valence-corrected chi connectivity index (χ2v) is 5.60. The van der Waals surface area contributed by atoms with Crippen LogP contribution in [-0.2, 0) is 11.3 Å². The average Bonchev–Trinajstić information content (AvgIpc) is 3.18. The smallest absolute Gasteiger partial charge is 0.291 e. The lowest BCUT2D eigenvalue weighted by atomic mass is 10.2. The predicted molar refractivity (Wildman–Crippen MR) is 102 cm³/mol. The van der Waals surface area contributed by atoms with E-state index in [9.17, 15) is 4.79 Å². The first-order valence-electron chi connectivity index (χ1n) is 8.68. The number of hydrogen-bond acceptors (Lipinski definition) is 4. The number of aliphatic imine (C=N–C) groups is 1. The van der Waals surface area contributed by atoms with Crippen LogP contribution in [-0.4, -0.2) is 38.7 Å². The lowest BCUT2D eigenvalue weighted by Gasteiger charge is -2.11. The highest BCUT2D eigenvalue weighted by Crippen LogP contribution is 2.13. The standard InChI is InChI=1S/C19H26N4O3/c1-3-20-19(21-10-6-11-25-2)22-14-15-7-4-8-16(13-15)23-18(24)17-9-5-12-26-17/h4-5,7-9,12-13H,3,6,10-11,14H2,1-2H3,(H,23,24)(H2,20,21,22). The van der Waals surface area contributed by atoms with E-state index in [0.717, 1.165) is 31.0 Å². The van der Waals surface area contributed by atoms with E-state index in [4.69, 9.17) is 9.15 Å². The van der Waals surface area contributed by atoms with Crippen molar-refractivity contribution < 1.29 is 13.9 Å². The van der Waals surface area contributed by atoms with Gasteiger partial charge in [0, 0.05) is 32.5 Å². The largest absolute Gasteiger partial charge is 0.459 e. The van der Waals surface area contributed by atoms with Crippen LogP contribution in [0.1, 0.15) is 29.5 Å². The summed E-state index contributed by atoms with van der Waals surface area (Å²) in [7, 11) is 1.69. The van der Waals surface area contributed by atoms with Crippen LogP contribution in [0, 0.1) is 0 Å². The van der Waals surface area contributed by atoms with Crippen LogP contribution in [0.25, 0.3) is 0 Å². The molecule has 0 aliphatic heterocycles. The zero-order valence-corrected chi connectivity index (χ0v) is 15.2. The van der Waals surface area contributed by atoms with E-state index < -0.39 is 0 Å². The number of amides is 1. The normalized spacial score (nSPS) is 11.2. The Balaban J connectivity index is 1.93. The summed E-state index contributed by atoms with van der Waals surface area (Å²) < 4.78 is 10.1. The van der Waals surface area contributed by atoms with Gasteiger partial charge in [0.25, 0.3) is 5.91 Å². The van der Waals surface area contributed by atoms with Crippen LogP contribution in [0.2, 0.25) is 0 Å². The zero-order valence-electron chi connectivity index (χ0n) is 15.2. The Morgan fingerprint density at radius 3 is 2.85 bits per heavy atom. The van der Waals surface area contributed by atoms with E-state index in [1.54, 1.807) is 19.2 Å². The number of carbonyl (C=O) groups excluding carboxylic acids is 1. The van der Waals surface area contributed by atoms with Crippen molar-refractivity contribution in [1.29, 1.82) is 0 Å². The van der Waals surface area contributed by atoms with Crippen molar-refractivity contribution in [2.45, 2.75) is 19.9 Å². The molecule has 1 aromatic carbocycles. The molecule has 0 saturated heterocycles. The molecule has 0 radical (unpaired) electrons. The van der Waals surface area contributed by atoms with Crippen LogP contribution >= 0.6 is 0 Å². The van der Waals surface area contributed by atoms with Crippen molar-refractivity contribution in [1.82, 2.24) is 10.6 Å². The maximum absolute atomic E-state index is 12.0. The minimum atomic E-state index is -0.274. The Bertz CT molecular complexity index is 699. The van der Waals surface area contributed by atoms with Gasteiger partial charge in [0.2, 0.25) is 0 Å². The second-order valence-electron chi connectivity index (χ2n) is 5.60. The number of ether oxygens (including phenoxy) is 1. The molecule has 0 aliphatic carbocycles. The number of anilines is 1. The molecule has 7 heteroatoms. The molecule has 0 aliphatic rings. The summed E-state index contributed by atoms with van der Waals surface area (Å²) in [6, 6.07) is 10.9. The minimum absolute atomic E-state index is 0.274. The zero-order chi connectivity index (χ0) is 18.6. The third-order valence-electron chi connectivity index (χ3n) is 3.51. The fourth-order valence-corrected chi connectivity index (χ4v) is 2.28. The summed E-state index contributed by atoms with van der Waals surface area (Å²) >= 11 is 0. The lowest BCUT2D eigenvalue weighted by Crippen LogP contribution is -2.38. The molecule has 0 saturated carbocycles. The van der Waals surface area contributed by atoms with Crippen LogP contribution in [0.15, 0.2) is 52.1 Å². The maximum atomic E-state index is 12.0. The van der Waals surface area contributed by atoms with Gasteiger partial charge in [-0.25, -0.2) is 4.99 Å². The highest BCUT2D eigenvalue weighted by atomic mass is 16.5. The van der Waals surface area contributed by atoms with Gasteiger partial charge in [-0.2, -0.15) is 0 Å². The molecule has 1 amide bonds. The highest BCUT2D eigenvalue weighted by Gasteiger charge is 2.08. The molecule has 1 heterocycles. The Morgan fingerprint density at radius 2 is 2.12 bits per heavy atom. The molecule has 0 spiro atoms. The number of rotatable bonds is 9. The number of hydrogen-bond donors (Lipinski definition) is 3. The van der Waals surface area contributed by atoms with Gasteiger partial charge < -0.3 is 25.1 Å². The Kier molecular flexibility index (Phi) is 8.21. The third-order valence-corrected chi connectivity index (χ3v) is 3.51. The van der Waals surface area contributed by atoms with Gasteiger partial charge in [-0.05, 0) is 43.2 Å². The first-order valence-corrected chi connectivity index (χ1v) is 8.68. The van der Waals surface area contributed by atoms with Crippen molar-refractivity contribution >= 4 is 17.6 Å². The maximum Gasteiger partial charge on any atom is 0.291 e. The number of furan rings is 1. The third kappa shape index (κ3) is 6.60. The molecule has 1 aromatic heterocycles. The van der Waals surface area contributed by atoms with E-state index in [1.165, 1.54) is 6.26 Å². The number of nitrogens with one attached hydrogen (secondary N) is 3. The number of benzene rings is 1. The molecule has 3 N–H and O–H groups in total. The van der Waals surface area contributed by atoms with Crippen LogP contribution in [0.5, 0.6) is 0 Å². The second kappa shape index (κ2) is 10.9. The summed E-state index contributed by atoms with van der Waals surface area (Å²) in [6.07, 6.45) is 2.39. The van der Waals surface area contributed by atoms with Crippen molar-refractivity contribution in [3.05, 3.63) is 54.0 Å². The van der Waals surface area contributed by atoms with Crippen LogP contribution in [0.3, 0.4) is 0 Å². The van der Waals surface area contributed by atoms with Gasteiger partial charge in [-0.3, -0.25) is 4.79 Å². The van der Waals surface area contributed by atoms with E-state index in [1.807, 2.05) is 31.2 Å².